The third kappa shape index (κ3) is 2.01. The maximum absolute atomic E-state index is 6.12. The summed E-state index contributed by atoms with van der Waals surface area (Å²) >= 11 is 3.55. The highest BCUT2D eigenvalue weighted by atomic mass is 79.9. The van der Waals surface area contributed by atoms with E-state index in [9.17, 15) is 0 Å². The zero-order valence-corrected chi connectivity index (χ0v) is 14.4. The van der Waals surface area contributed by atoms with Crippen LogP contribution in [-0.2, 0) is 0 Å². The van der Waals surface area contributed by atoms with Gasteiger partial charge in [-0.3, -0.25) is 0 Å². The van der Waals surface area contributed by atoms with E-state index in [1.165, 1.54) is 22.1 Å². The number of hydrogen-bond donors (Lipinski definition) is 1. The van der Waals surface area contributed by atoms with E-state index < -0.39 is 0 Å². The molecule has 1 N–H and O–H groups in total. The van der Waals surface area contributed by atoms with Gasteiger partial charge in [0.2, 0.25) is 0 Å². The second-order valence-electron chi connectivity index (χ2n) is 6.04. The van der Waals surface area contributed by atoms with Gasteiger partial charge in [0.05, 0.1) is 0 Å². The molecule has 4 aromatic rings. The Labute approximate surface area is 148 Å². The Hall–Kier alpha value is -2.52. The molecule has 2 heterocycles. The summed E-state index contributed by atoms with van der Waals surface area (Å²) in [6, 6.07) is 23.0. The van der Waals surface area contributed by atoms with Gasteiger partial charge in [-0.1, -0.05) is 58.4 Å². The summed E-state index contributed by atoms with van der Waals surface area (Å²) in [5.41, 5.74) is 4.83. The molecular weight excluding hydrogens is 362 g/mol. The molecule has 0 atom stereocenters. The lowest BCUT2D eigenvalue weighted by atomic mass is 9.82. The predicted octanol–water partition coefficient (Wildman–Crippen LogP) is 6.22. The van der Waals surface area contributed by atoms with Gasteiger partial charge in [-0.05, 0) is 29.8 Å². The van der Waals surface area contributed by atoms with Crippen molar-refractivity contribution in [2.75, 3.05) is 0 Å². The highest BCUT2D eigenvalue weighted by Crippen LogP contribution is 2.48. The molecule has 24 heavy (non-hydrogen) atoms. The fourth-order valence-corrected chi connectivity index (χ4v) is 3.97. The molecule has 1 aliphatic rings. The molecular formula is C21H14BrNO. The summed E-state index contributed by atoms with van der Waals surface area (Å²) in [5.74, 6) is 2.04. The number of aromatic nitrogens is 1. The summed E-state index contributed by atoms with van der Waals surface area (Å²) in [7, 11) is 0. The number of halogens is 1. The Morgan fingerprint density at radius 1 is 0.792 bits per heavy atom. The Balaban J connectivity index is 1.81. The molecule has 3 heteroatoms. The zero-order chi connectivity index (χ0) is 16.1. The van der Waals surface area contributed by atoms with Crippen LogP contribution in [0.15, 0.2) is 77.4 Å². The number of fused-ring (bicyclic) bond motifs is 3. The number of nitrogens with one attached hydrogen (secondary N) is 1. The standard InChI is InChI=1S/C21H14BrNO/c22-13-9-10-14-17(12-23-18(14)11-13)21-15-5-1-3-7-19(15)24-20-8-4-2-6-16(20)21/h1-12,21,23H. The Morgan fingerprint density at radius 3 is 2.17 bits per heavy atom. The lowest BCUT2D eigenvalue weighted by Crippen LogP contribution is -2.11. The first-order chi connectivity index (χ1) is 11.8. The van der Waals surface area contributed by atoms with Crippen LogP contribution >= 0.6 is 15.9 Å². The van der Waals surface area contributed by atoms with Gasteiger partial charge >= 0.3 is 0 Å². The average Bonchev–Trinajstić information content (AvgIpc) is 3.02. The normalized spacial score (nSPS) is 13.4. The quantitative estimate of drug-likeness (QED) is 0.369. The third-order valence-corrected chi connectivity index (χ3v) is 5.16. The molecule has 3 aromatic carbocycles. The van der Waals surface area contributed by atoms with E-state index in [-0.39, 0.29) is 5.92 Å². The van der Waals surface area contributed by atoms with Gasteiger partial charge < -0.3 is 9.72 Å². The fraction of sp³-hybridized carbons (Fsp3) is 0.0476. The summed E-state index contributed by atoms with van der Waals surface area (Å²) in [4.78, 5) is 3.42. The molecule has 1 aromatic heterocycles. The van der Waals surface area contributed by atoms with Crippen molar-refractivity contribution in [3.8, 4) is 11.5 Å². The van der Waals surface area contributed by atoms with Crippen molar-refractivity contribution in [3.63, 3.8) is 0 Å². The number of benzene rings is 3. The first kappa shape index (κ1) is 13.9. The van der Waals surface area contributed by atoms with Crippen LogP contribution in [0.1, 0.15) is 22.6 Å². The molecule has 0 aliphatic carbocycles. The van der Waals surface area contributed by atoms with Crippen LogP contribution in [0.25, 0.3) is 10.9 Å². The highest BCUT2D eigenvalue weighted by molar-refractivity contribution is 9.10. The predicted molar refractivity (Wildman–Crippen MR) is 99.9 cm³/mol. The van der Waals surface area contributed by atoms with Crippen LogP contribution < -0.4 is 4.74 Å². The number of aromatic amines is 1. The maximum Gasteiger partial charge on any atom is 0.131 e. The third-order valence-electron chi connectivity index (χ3n) is 4.67. The molecule has 0 fully saturated rings. The maximum atomic E-state index is 6.12. The second kappa shape index (κ2) is 5.25. The van der Waals surface area contributed by atoms with Crippen molar-refractivity contribution in [2.24, 2.45) is 0 Å². The molecule has 0 saturated heterocycles. The Bertz CT molecular complexity index is 1020. The van der Waals surface area contributed by atoms with Gasteiger partial charge in [-0.25, -0.2) is 0 Å². The van der Waals surface area contributed by atoms with Crippen molar-refractivity contribution in [1.29, 1.82) is 0 Å². The van der Waals surface area contributed by atoms with Crippen molar-refractivity contribution in [1.82, 2.24) is 4.98 Å². The smallest absolute Gasteiger partial charge is 0.131 e. The van der Waals surface area contributed by atoms with Crippen molar-refractivity contribution in [3.05, 3.63) is 94.1 Å². The monoisotopic (exact) mass is 375 g/mol. The Morgan fingerprint density at radius 2 is 1.46 bits per heavy atom. The van der Waals surface area contributed by atoms with E-state index in [0.717, 1.165) is 21.5 Å². The van der Waals surface area contributed by atoms with E-state index in [0.29, 0.717) is 0 Å². The largest absolute Gasteiger partial charge is 0.457 e. The van der Waals surface area contributed by atoms with Gasteiger partial charge in [0.1, 0.15) is 11.5 Å². The molecule has 1 aliphatic heterocycles. The van der Waals surface area contributed by atoms with Crippen LogP contribution in [0.3, 0.4) is 0 Å². The molecule has 0 radical (unpaired) electrons. The highest BCUT2D eigenvalue weighted by Gasteiger charge is 2.29. The molecule has 0 bridgehead atoms. The topological polar surface area (TPSA) is 25.0 Å². The number of hydrogen-bond acceptors (Lipinski definition) is 1. The minimum atomic E-state index is 0.168. The van der Waals surface area contributed by atoms with Crippen molar-refractivity contribution < 1.29 is 4.74 Å². The van der Waals surface area contributed by atoms with Crippen LogP contribution in [0.5, 0.6) is 11.5 Å². The van der Waals surface area contributed by atoms with Crippen LogP contribution in [-0.4, -0.2) is 4.98 Å². The SMILES string of the molecule is Brc1ccc2c(C3c4ccccc4Oc4ccccc43)c[nH]c2c1. The molecule has 0 saturated carbocycles. The number of H-pyrrole nitrogens is 1. The van der Waals surface area contributed by atoms with Crippen molar-refractivity contribution in [2.45, 2.75) is 5.92 Å². The molecule has 0 spiro atoms. The average molecular weight is 376 g/mol. The van der Waals surface area contributed by atoms with E-state index in [2.05, 4.69) is 69.6 Å². The van der Waals surface area contributed by atoms with Gasteiger partial charge in [0.25, 0.3) is 0 Å². The molecule has 0 unspecified atom stereocenters. The summed E-state index contributed by atoms with van der Waals surface area (Å²) in [5, 5.41) is 1.25. The first-order valence-electron chi connectivity index (χ1n) is 7.93. The van der Waals surface area contributed by atoms with E-state index in [4.69, 9.17) is 4.74 Å². The number of ether oxygens (including phenoxy) is 1. The van der Waals surface area contributed by atoms with Gasteiger partial charge in [0.15, 0.2) is 0 Å². The van der Waals surface area contributed by atoms with Gasteiger partial charge in [0, 0.05) is 38.6 Å². The molecule has 5 rings (SSSR count). The Kier molecular flexibility index (Phi) is 3.03. The van der Waals surface area contributed by atoms with E-state index >= 15 is 0 Å². The number of para-hydroxylation sites is 2. The molecule has 116 valence electrons. The minimum Gasteiger partial charge on any atom is -0.457 e. The summed E-state index contributed by atoms with van der Waals surface area (Å²) < 4.78 is 7.20. The van der Waals surface area contributed by atoms with Crippen LogP contribution in [0, 0.1) is 0 Å². The van der Waals surface area contributed by atoms with Crippen molar-refractivity contribution >= 4 is 26.8 Å². The lowest BCUT2D eigenvalue weighted by molar-refractivity contribution is 0.453. The lowest BCUT2D eigenvalue weighted by Gasteiger charge is -2.28. The fourth-order valence-electron chi connectivity index (χ4n) is 3.60. The van der Waals surface area contributed by atoms with Crippen LogP contribution in [0.2, 0.25) is 0 Å². The van der Waals surface area contributed by atoms with Gasteiger partial charge in [-0.15, -0.1) is 0 Å². The summed E-state index contributed by atoms with van der Waals surface area (Å²) in [6.07, 6.45) is 2.13. The molecule has 2 nitrogen and oxygen atoms in total. The second-order valence-corrected chi connectivity index (χ2v) is 6.96. The van der Waals surface area contributed by atoms with E-state index in [1.54, 1.807) is 0 Å². The zero-order valence-electron chi connectivity index (χ0n) is 12.8. The molecule has 0 amide bonds. The minimum absolute atomic E-state index is 0.168. The number of rotatable bonds is 1. The van der Waals surface area contributed by atoms with E-state index in [1.807, 2.05) is 24.3 Å². The van der Waals surface area contributed by atoms with Crippen LogP contribution in [0.4, 0.5) is 0 Å². The summed E-state index contributed by atoms with van der Waals surface area (Å²) in [6.45, 7) is 0. The van der Waals surface area contributed by atoms with Gasteiger partial charge in [-0.2, -0.15) is 0 Å². The first-order valence-corrected chi connectivity index (χ1v) is 8.73.